The Kier molecular flexibility index (Phi) is 9.35. The first kappa shape index (κ1) is 13.9. The van der Waals surface area contributed by atoms with Gasteiger partial charge in [0.25, 0.3) is 0 Å². The fourth-order valence-electron chi connectivity index (χ4n) is 1.41. The molecule has 1 atom stereocenters. The SMILES string of the molecule is COCCC(C)N(C)CCCCCN. The van der Waals surface area contributed by atoms with Crippen LogP contribution in [0.5, 0.6) is 0 Å². The molecular weight excluding hydrogens is 176 g/mol. The Morgan fingerprint density at radius 3 is 2.57 bits per heavy atom. The summed E-state index contributed by atoms with van der Waals surface area (Å²) >= 11 is 0. The highest BCUT2D eigenvalue weighted by atomic mass is 16.5. The van der Waals surface area contributed by atoms with Gasteiger partial charge >= 0.3 is 0 Å². The van der Waals surface area contributed by atoms with Crippen molar-refractivity contribution in [2.24, 2.45) is 5.73 Å². The minimum atomic E-state index is 0.618. The quantitative estimate of drug-likeness (QED) is 0.575. The molecule has 0 spiro atoms. The average molecular weight is 202 g/mol. The Hall–Kier alpha value is -0.120. The smallest absolute Gasteiger partial charge is 0.0477 e. The van der Waals surface area contributed by atoms with E-state index < -0.39 is 0 Å². The molecular formula is C11H26N2O. The van der Waals surface area contributed by atoms with E-state index in [0.717, 1.165) is 26.0 Å². The van der Waals surface area contributed by atoms with E-state index in [4.69, 9.17) is 10.5 Å². The van der Waals surface area contributed by atoms with Crippen molar-refractivity contribution in [1.82, 2.24) is 4.90 Å². The molecule has 3 nitrogen and oxygen atoms in total. The first-order chi connectivity index (χ1) is 6.72. The maximum absolute atomic E-state index is 5.44. The molecule has 0 bridgehead atoms. The standard InChI is InChI=1S/C11H26N2O/c1-11(7-10-14-3)13(2)9-6-4-5-8-12/h11H,4-10,12H2,1-3H3. The lowest BCUT2D eigenvalue weighted by Crippen LogP contribution is -2.31. The lowest BCUT2D eigenvalue weighted by atomic mass is 10.2. The van der Waals surface area contributed by atoms with Crippen LogP contribution in [0.2, 0.25) is 0 Å². The molecule has 0 aliphatic carbocycles. The number of methoxy groups -OCH3 is 1. The lowest BCUT2D eigenvalue weighted by molar-refractivity contribution is 0.152. The van der Waals surface area contributed by atoms with E-state index in [1.807, 2.05) is 0 Å². The Bertz CT molecular complexity index is 120. The number of nitrogens with zero attached hydrogens (tertiary/aromatic N) is 1. The Morgan fingerprint density at radius 1 is 1.29 bits per heavy atom. The summed E-state index contributed by atoms with van der Waals surface area (Å²) in [5, 5.41) is 0. The van der Waals surface area contributed by atoms with Crippen molar-refractivity contribution in [2.45, 2.75) is 38.6 Å². The van der Waals surface area contributed by atoms with Crippen LogP contribution >= 0.6 is 0 Å². The van der Waals surface area contributed by atoms with Gasteiger partial charge in [-0.05, 0) is 46.3 Å². The van der Waals surface area contributed by atoms with Crippen LogP contribution in [-0.4, -0.2) is 44.8 Å². The minimum absolute atomic E-state index is 0.618. The molecule has 0 aromatic rings. The summed E-state index contributed by atoms with van der Waals surface area (Å²) in [6.45, 7) is 5.10. The first-order valence-electron chi connectivity index (χ1n) is 5.61. The van der Waals surface area contributed by atoms with Crippen LogP contribution < -0.4 is 5.73 Å². The second-order valence-electron chi connectivity index (χ2n) is 3.96. The summed E-state index contributed by atoms with van der Waals surface area (Å²) in [4.78, 5) is 2.40. The molecule has 0 rings (SSSR count). The second kappa shape index (κ2) is 9.44. The third-order valence-electron chi connectivity index (χ3n) is 2.71. The molecule has 0 aromatic carbocycles. The van der Waals surface area contributed by atoms with Gasteiger partial charge < -0.3 is 15.4 Å². The third-order valence-corrected chi connectivity index (χ3v) is 2.71. The van der Waals surface area contributed by atoms with Gasteiger partial charge in [0.05, 0.1) is 0 Å². The fourth-order valence-corrected chi connectivity index (χ4v) is 1.41. The van der Waals surface area contributed by atoms with Crippen LogP contribution in [0.3, 0.4) is 0 Å². The molecule has 0 saturated carbocycles. The Balaban J connectivity index is 3.36. The summed E-state index contributed by atoms with van der Waals surface area (Å²) in [6, 6.07) is 0.618. The van der Waals surface area contributed by atoms with Crippen molar-refractivity contribution >= 4 is 0 Å². The van der Waals surface area contributed by atoms with Gasteiger partial charge in [-0.2, -0.15) is 0 Å². The van der Waals surface area contributed by atoms with E-state index in [1.165, 1.54) is 19.4 Å². The highest BCUT2D eigenvalue weighted by Crippen LogP contribution is 2.04. The molecule has 2 N–H and O–H groups in total. The molecule has 0 aliphatic heterocycles. The summed E-state index contributed by atoms with van der Waals surface area (Å²) < 4.78 is 5.06. The van der Waals surface area contributed by atoms with Crippen molar-refractivity contribution < 1.29 is 4.74 Å². The highest BCUT2D eigenvalue weighted by Gasteiger charge is 2.07. The van der Waals surface area contributed by atoms with Crippen LogP contribution in [-0.2, 0) is 4.74 Å². The predicted molar refractivity (Wildman–Crippen MR) is 61.5 cm³/mol. The van der Waals surface area contributed by atoms with Crippen LogP contribution in [0.1, 0.15) is 32.6 Å². The van der Waals surface area contributed by atoms with E-state index in [0.29, 0.717) is 6.04 Å². The molecule has 0 fully saturated rings. The van der Waals surface area contributed by atoms with Crippen molar-refractivity contribution in [2.75, 3.05) is 33.9 Å². The predicted octanol–water partition coefficient (Wildman–Crippen LogP) is 1.47. The van der Waals surface area contributed by atoms with Gasteiger partial charge in [0, 0.05) is 19.8 Å². The van der Waals surface area contributed by atoms with E-state index in [9.17, 15) is 0 Å². The number of nitrogens with two attached hydrogens (primary N) is 1. The van der Waals surface area contributed by atoms with Crippen molar-refractivity contribution in [3.05, 3.63) is 0 Å². The minimum Gasteiger partial charge on any atom is -0.385 e. The van der Waals surface area contributed by atoms with Gasteiger partial charge in [0.15, 0.2) is 0 Å². The van der Waals surface area contributed by atoms with Gasteiger partial charge in [-0.15, -0.1) is 0 Å². The average Bonchev–Trinajstić information content (AvgIpc) is 2.20. The number of ether oxygens (including phenoxy) is 1. The van der Waals surface area contributed by atoms with Crippen molar-refractivity contribution in [1.29, 1.82) is 0 Å². The molecule has 14 heavy (non-hydrogen) atoms. The summed E-state index contributed by atoms with van der Waals surface area (Å²) in [7, 11) is 3.94. The molecule has 0 aromatic heterocycles. The number of hydrogen-bond acceptors (Lipinski definition) is 3. The Morgan fingerprint density at radius 2 is 2.00 bits per heavy atom. The summed E-state index contributed by atoms with van der Waals surface area (Å²) in [5.41, 5.74) is 5.44. The van der Waals surface area contributed by atoms with Gasteiger partial charge in [0.1, 0.15) is 0 Å². The Labute approximate surface area is 88.6 Å². The molecule has 0 aliphatic rings. The highest BCUT2D eigenvalue weighted by molar-refractivity contribution is 4.62. The zero-order valence-electron chi connectivity index (χ0n) is 9.96. The second-order valence-corrected chi connectivity index (χ2v) is 3.96. The fraction of sp³-hybridized carbons (Fsp3) is 1.00. The number of rotatable bonds is 9. The zero-order valence-corrected chi connectivity index (χ0v) is 9.96. The third kappa shape index (κ3) is 7.30. The van der Waals surface area contributed by atoms with Crippen LogP contribution in [0, 0.1) is 0 Å². The summed E-state index contributed by atoms with van der Waals surface area (Å²) in [6.07, 6.45) is 4.77. The van der Waals surface area contributed by atoms with Gasteiger partial charge in [-0.1, -0.05) is 6.42 Å². The number of unbranched alkanes of at least 4 members (excludes halogenated alkanes) is 2. The number of hydrogen-bond donors (Lipinski definition) is 1. The molecule has 0 radical (unpaired) electrons. The van der Waals surface area contributed by atoms with Crippen LogP contribution in [0.25, 0.3) is 0 Å². The molecule has 0 saturated heterocycles. The van der Waals surface area contributed by atoms with Gasteiger partial charge in [-0.3, -0.25) is 0 Å². The van der Waals surface area contributed by atoms with Gasteiger partial charge in [0.2, 0.25) is 0 Å². The maximum Gasteiger partial charge on any atom is 0.0477 e. The zero-order chi connectivity index (χ0) is 10.8. The van der Waals surface area contributed by atoms with Gasteiger partial charge in [-0.25, -0.2) is 0 Å². The largest absolute Gasteiger partial charge is 0.385 e. The molecule has 3 heteroatoms. The van der Waals surface area contributed by atoms with E-state index in [2.05, 4.69) is 18.9 Å². The van der Waals surface area contributed by atoms with E-state index >= 15 is 0 Å². The van der Waals surface area contributed by atoms with Crippen LogP contribution in [0.4, 0.5) is 0 Å². The maximum atomic E-state index is 5.44. The van der Waals surface area contributed by atoms with Crippen LogP contribution in [0.15, 0.2) is 0 Å². The van der Waals surface area contributed by atoms with Crippen molar-refractivity contribution in [3.8, 4) is 0 Å². The van der Waals surface area contributed by atoms with E-state index in [-0.39, 0.29) is 0 Å². The molecule has 86 valence electrons. The normalized spacial score (nSPS) is 13.5. The topological polar surface area (TPSA) is 38.5 Å². The summed E-state index contributed by atoms with van der Waals surface area (Å²) in [5.74, 6) is 0. The monoisotopic (exact) mass is 202 g/mol. The van der Waals surface area contributed by atoms with Crippen molar-refractivity contribution in [3.63, 3.8) is 0 Å². The molecule has 0 heterocycles. The first-order valence-corrected chi connectivity index (χ1v) is 5.61. The molecule has 1 unspecified atom stereocenters. The lowest BCUT2D eigenvalue weighted by Gasteiger charge is -2.24. The molecule has 0 amide bonds. The van der Waals surface area contributed by atoms with E-state index in [1.54, 1.807) is 7.11 Å².